The number of ether oxygens (including phenoxy) is 1. The lowest BCUT2D eigenvalue weighted by atomic mass is 10.1. The molecule has 1 aliphatic carbocycles. The number of benzene rings is 1. The summed E-state index contributed by atoms with van der Waals surface area (Å²) >= 11 is 0. The highest BCUT2D eigenvalue weighted by Gasteiger charge is 2.19. The Kier molecular flexibility index (Phi) is 4.60. The van der Waals surface area contributed by atoms with Gasteiger partial charge in [0.15, 0.2) is 0 Å². The van der Waals surface area contributed by atoms with Crippen molar-refractivity contribution in [3.8, 4) is 11.8 Å². The molecular formula is C15H20N2O. The molecule has 1 saturated carbocycles. The molecule has 0 heterocycles. The molecule has 0 aromatic heterocycles. The third-order valence-electron chi connectivity index (χ3n) is 3.38. The summed E-state index contributed by atoms with van der Waals surface area (Å²) in [7, 11) is 1.59. The van der Waals surface area contributed by atoms with Crippen molar-refractivity contribution in [1.29, 1.82) is 5.26 Å². The van der Waals surface area contributed by atoms with E-state index in [1.54, 1.807) is 7.11 Å². The SMILES string of the molecule is COc1ccc(CNCCCC2CC2)cc1C#N. The first kappa shape index (κ1) is 12.9. The standard InChI is InChI=1S/C15H20N2O/c1-18-15-7-6-13(9-14(15)10-16)11-17-8-2-3-12-4-5-12/h6-7,9,12,17H,2-5,8,11H2,1H3. The molecule has 0 aliphatic heterocycles. The Labute approximate surface area is 109 Å². The second-order valence-electron chi connectivity index (χ2n) is 4.91. The van der Waals surface area contributed by atoms with Crippen LogP contribution in [-0.2, 0) is 6.54 Å². The average Bonchev–Trinajstić information content (AvgIpc) is 3.22. The molecule has 1 fully saturated rings. The Morgan fingerprint density at radius 2 is 2.28 bits per heavy atom. The predicted octanol–water partition coefficient (Wildman–Crippen LogP) is 2.85. The fourth-order valence-electron chi connectivity index (χ4n) is 2.11. The molecule has 2 rings (SSSR count). The fourth-order valence-corrected chi connectivity index (χ4v) is 2.11. The summed E-state index contributed by atoms with van der Waals surface area (Å²) in [6.45, 7) is 1.88. The molecule has 0 radical (unpaired) electrons. The second-order valence-corrected chi connectivity index (χ2v) is 4.91. The molecule has 0 spiro atoms. The van der Waals surface area contributed by atoms with Crippen LogP contribution in [0.2, 0.25) is 0 Å². The first-order valence-corrected chi connectivity index (χ1v) is 6.61. The minimum Gasteiger partial charge on any atom is -0.495 e. The zero-order chi connectivity index (χ0) is 12.8. The summed E-state index contributed by atoms with van der Waals surface area (Å²) in [5.74, 6) is 1.66. The molecule has 18 heavy (non-hydrogen) atoms. The summed E-state index contributed by atoms with van der Waals surface area (Å²) in [6.07, 6.45) is 5.49. The second kappa shape index (κ2) is 6.42. The van der Waals surface area contributed by atoms with Crippen LogP contribution in [0.25, 0.3) is 0 Å². The molecule has 1 aromatic rings. The summed E-state index contributed by atoms with van der Waals surface area (Å²) < 4.78 is 5.12. The number of nitriles is 1. The summed E-state index contributed by atoms with van der Waals surface area (Å²) in [5.41, 5.74) is 1.74. The molecule has 0 unspecified atom stereocenters. The van der Waals surface area contributed by atoms with Crippen LogP contribution >= 0.6 is 0 Å². The van der Waals surface area contributed by atoms with Gasteiger partial charge in [-0.15, -0.1) is 0 Å². The number of hydrogen-bond donors (Lipinski definition) is 1. The molecule has 0 saturated heterocycles. The monoisotopic (exact) mass is 244 g/mol. The van der Waals surface area contributed by atoms with E-state index in [-0.39, 0.29) is 0 Å². The predicted molar refractivity (Wildman–Crippen MR) is 71.4 cm³/mol. The normalized spacial score (nSPS) is 14.2. The molecular weight excluding hydrogens is 224 g/mol. The molecule has 0 amide bonds. The zero-order valence-corrected chi connectivity index (χ0v) is 10.9. The Balaban J connectivity index is 1.76. The third-order valence-corrected chi connectivity index (χ3v) is 3.38. The minimum absolute atomic E-state index is 0.606. The Hall–Kier alpha value is -1.53. The van der Waals surface area contributed by atoms with Crippen LogP contribution in [0.3, 0.4) is 0 Å². The topological polar surface area (TPSA) is 45.0 Å². The molecule has 1 N–H and O–H groups in total. The first-order valence-electron chi connectivity index (χ1n) is 6.61. The molecule has 3 heteroatoms. The van der Waals surface area contributed by atoms with Gasteiger partial charge in [0.1, 0.15) is 11.8 Å². The maximum absolute atomic E-state index is 9.00. The molecule has 96 valence electrons. The fraction of sp³-hybridized carbons (Fsp3) is 0.533. The van der Waals surface area contributed by atoms with Crippen molar-refractivity contribution >= 4 is 0 Å². The van der Waals surface area contributed by atoms with Gasteiger partial charge in [-0.05, 0) is 43.0 Å². The van der Waals surface area contributed by atoms with Crippen molar-refractivity contribution in [3.05, 3.63) is 29.3 Å². The van der Waals surface area contributed by atoms with E-state index in [9.17, 15) is 0 Å². The highest BCUT2D eigenvalue weighted by Crippen LogP contribution is 2.33. The maximum atomic E-state index is 9.00. The van der Waals surface area contributed by atoms with Crippen LogP contribution in [0, 0.1) is 17.2 Å². The van der Waals surface area contributed by atoms with Gasteiger partial charge in [0.25, 0.3) is 0 Å². The van der Waals surface area contributed by atoms with Gasteiger partial charge in [0.2, 0.25) is 0 Å². The number of hydrogen-bond acceptors (Lipinski definition) is 3. The van der Waals surface area contributed by atoms with E-state index in [0.29, 0.717) is 11.3 Å². The average molecular weight is 244 g/mol. The van der Waals surface area contributed by atoms with Gasteiger partial charge in [-0.1, -0.05) is 18.9 Å². The Bertz CT molecular complexity index is 433. The van der Waals surface area contributed by atoms with Gasteiger partial charge in [-0.3, -0.25) is 0 Å². The number of nitrogens with zero attached hydrogens (tertiary/aromatic N) is 1. The van der Waals surface area contributed by atoms with Crippen LogP contribution in [-0.4, -0.2) is 13.7 Å². The van der Waals surface area contributed by atoms with Crippen molar-refractivity contribution < 1.29 is 4.74 Å². The van der Waals surface area contributed by atoms with E-state index >= 15 is 0 Å². The Morgan fingerprint density at radius 3 is 2.94 bits per heavy atom. The lowest BCUT2D eigenvalue weighted by Gasteiger charge is -2.07. The maximum Gasteiger partial charge on any atom is 0.136 e. The van der Waals surface area contributed by atoms with Gasteiger partial charge < -0.3 is 10.1 Å². The lowest BCUT2D eigenvalue weighted by molar-refractivity contribution is 0.413. The molecule has 3 nitrogen and oxygen atoms in total. The van der Waals surface area contributed by atoms with E-state index in [1.807, 2.05) is 18.2 Å². The van der Waals surface area contributed by atoms with Crippen LogP contribution in [0.1, 0.15) is 36.8 Å². The van der Waals surface area contributed by atoms with E-state index in [4.69, 9.17) is 10.00 Å². The summed E-state index contributed by atoms with van der Waals surface area (Å²) in [6, 6.07) is 7.92. The van der Waals surface area contributed by atoms with Gasteiger partial charge in [-0.25, -0.2) is 0 Å². The smallest absolute Gasteiger partial charge is 0.136 e. The number of methoxy groups -OCH3 is 1. The lowest BCUT2D eigenvalue weighted by Crippen LogP contribution is -2.14. The number of rotatable bonds is 7. The van der Waals surface area contributed by atoms with Crippen molar-refractivity contribution in [2.75, 3.05) is 13.7 Å². The van der Waals surface area contributed by atoms with Gasteiger partial charge in [0.05, 0.1) is 12.7 Å². The molecule has 0 atom stereocenters. The summed E-state index contributed by atoms with van der Waals surface area (Å²) in [4.78, 5) is 0. The van der Waals surface area contributed by atoms with E-state index in [1.165, 1.54) is 25.7 Å². The van der Waals surface area contributed by atoms with Gasteiger partial charge >= 0.3 is 0 Å². The van der Waals surface area contributed by atoms with Crippen molar-refractivity contribution in [1.82, 2.24) is 5.32 Å². The first-order chi connectivity index (χ1) is 8.83. The summed E-state index contributed by atoms with van der Waals surface area (Å²) in [5, 5.41) is 12.4. The third kappa shape index (κ3) is 3.75. The van der Waals surface area contributed by atoms with Gasteiger partial charge in [0, 0.05) is 6.54 Å². The zero-order valence-electron chi connectivity index (χ0n) is 10.9. The van der Waals surface area contributed by atoms with Crippen LogP contribution in [0.4, 0.5) is 0 Å². The van der Waals surface area contributed by atoms with Crippen LogP contribution < -0.4 is 10.1 Å². The van der Waals surface area contributed by atoms with E-state index in [2.05, 4.69) is 11.4 Å². The van der Waals surface area contributed by atoms with Crippen molar-refractivity contribution in [2.45, 2.75) is 32.2 Å². The highest BCUT2D eigenvalue weighted by molar-refractivity contribution is 5.45. The quantitative estimate of drug-likeness (QED) is 0.750. The van der Waals surface area contributed by atoms with E-state index < -0.39 is 0 Å². The largest absolute Gasteiger partial charge is 0.495 e. The Morgan fingerprint density at radius 1 is 1.44 bits per heavy atom. The van der Waals surface area contributed by atoms with Crippen LogP contribution in [0.5, 0.6) is 5.75 Å². The van der Waals surface area contributed by atoms with Crippen molar-refractivity contribution in [2.24, 2.45) is 5.92 Å². The minimum atomic E-state index is 0.606. The van der Waals surface area contributed by atoms with Gasteiger partial charge in [-0.2, -0.15) is 5.26 Å². The molecule has 1 aromatic carbocycles. The van der Waals surface area contributed by atoms with Crippen LogP contribution in [0.15, 0.2) is 18.2 Å². The molecule has 1 aliphatic rings. The molecule has 0 bridgehead atoms. The van der Waals surface area contributed by atoms with E-state index in [0.717, 1.165) is 24.6 Å². The van der Waals surface area contributed by atoms with Crippen molar-refractivity contribution in [3.63, 3.8) is 0 Å². The highest BCUT2D eigenvalue weighted by atomic mass is 16.5. The number of nitrogens with one attached hydrogen (secondary N) is 1.